The molecule has 1 aromatic carbocycles. The summed E-state index contributed by atoms with van der Waals surface area (Å²) in [5, 5.41) is 2.46. The number of hydrogen-bond acceptors (Lipinski definition) is 1. The Bertz CT molecular complexity index is 842. The second kappa shape index (κ2) is 7.49. The predicted octanol–water partition coefficient (Wildman–Crippen LogP) is 8.46. The molecule has 0 saturated heterocycles. The highest BCUT2D eigenvalue weighted by Crippen LogP contribution is 2.55. The van der Waals surface area contributed by atoms with Crippen molar-refractivity contribution in [1.82, 2.24) is 0 Å². The van der Waals surface area contributed by atoms with E-state index >= 15 is 0 Å². The Balaban J connectivity index is 3.05. The number of carbonyl (C=O) groups is 1. The van der Waals surface area contributed by atoms with Gasteiger partial charge in [0, 0.05) is 17.0 Å². The number of rotatable bonds is 3. The first-order valence-corrected chi connectivity index (χ1v) is 11.9. The fourth-order valence-corrected chi connectivity index (χ4v) is 6.80. The third kappa shape index (κ3) is 4.46. The molecule has 2 aromatic rings. The molecule has 154 valence electrons. The van der Waals surface area contributed by atoms with Crippen LogP contribution in [0.15, 0.2) is 24.0 Å². The fraction of sp³-hybridized carbons (Fsp3) is 0.577. The number of hydrogen-bond donors (Lipinski definition) is 0. The zero-order chi connectivity index (χ0) is 21.7. The Kier molecular flexibility index (Phi) is 6.14. The van der Waals surface area contributed by atoms with Crippen molar-refractivity contribution in [2.45, 2.75) is 98.8 Å². The van der Waals surface area contributed by atoms with Gasteiger partial charge in [-0.1, -0.05) is 95.0 Å². The number of ketones is 1. The second-order valence-corrected chi connectivity index (χ2v) is 13.1. The number of Topliss-reactive ketones (excluding diaryl/α,β-unsaturated/α-hetero) is 1. The molecule has 0 aliphatic carbocycles. The van der Waals surface area contributed by atoms with Gasteiger partial charge in [-0.15, -0.1) is 0 Å². The van der Waals surface area contributed by atoms with Crippen molar-refractivity contribution in [3.63, 3.8) is 0 Å². The first kappa shape index (κ1) is 23.0. The molecule has 1 heterocycles. The fourth-order valence-electron chi connectivity index (χ4n) is 3.71. The Hall–Kier alpha value is -1.33. The lowest BCUT2D eigenvalue weighted by Gasteiger charge is -2.34. The minimum Gasteiger partial charge on any atom is -0.294 e. The highest BCUT2D eigenvalue weighted by molar-refractivity contribution is 7.58. The van der Waals surface area contributed by atoms with Crippen LogP contribution in [0, 0.1) is 6.92 Å². The summed E-state index contributed by atoms with van der Waals surface area (Å²) in [7, 11) is -0.757. The minimum absolute atomic E-state index is 0.0175. The molecule has 1 atom stereocenters. The van der Waals surface area contributed by atoms with Gasteiger partial charge in [-0.3, -0.25) is 4.79 Å². The van der Waals surface area contributed by atoms with E-state index in [0.717, 1.165) is 10.9 Å². The second-order valence-electron chi connectivity index (χ2n) is 11.2. The molecule has 0 amide bonds. The molecule has 0 radical (unpaired) electrons. The zero-order valence-electron chi connectivity index (χ0n) is 19.9. The topological polar surface area (TPSA) is 17.1 Å². The molecule has 0 N–H and O–H groups in total. The van der Waals surface area contributed by atoms with Crippen LogP contribution in [0.1, 0.15) is 108 Å². The van der Waals surface area contributed by atoms with Crippen LogP contribution in [-0.2, 0) is 16.2 Å². The normalized spacial score (nSPS) is 13.8. The summed E-state index contributed by atoms with van der Waals surface area (Å²) in [6.07, 6.45) is 0.572. The van der Waals surface area contributed by atoms with Gasteiger partial charge >= 0.3 is 0 Å². The van der Waals surface area contributed by atoms with Crippen LogP contribution >= 0.6 is 7.53 Å². The molecule has 1 unspecified atom stereocenters. The summed E-state index contributed by atoms with van der Waals surface area (Å²) >= 11 is 0. The molecule has 2 rings (SSSR count). The van der Waals surface area contributed by atoms with Crippen molar-refractivity contribution in [1.29, 1.82) is 0 Å². The van der Waals surface area contributed by atoms with E-state index in [-0.39, 0.29) is 16.2 Å². The number of carbonyl (C=O) groups excluding carboxylic acids is 1. The van der Waals surface area contributed by atoms with Gasteiger partial charge in [0.05, 0.1) is 0 Å². The lowest BCUT2D eigenvalue weighted by Crippen LogP contribution is -2.22. The van der Waals surface area contributed by atoms with Gasteiger partial charge in [-0.25, -0.2) is 0 Å². The zero-order valence-corrected chi connectivity index (χ0v) is 20.8. The van der Waals surface area contributed by atoms with Crippen molar-refractivity contribution in [2.75, 3.05) is 0 Å². The predicted molar refractivity (Wildman–Crippen MR) is 126 cm³/mol. The first-order chi connectivity index (χ1) is 12.6. The smallest absolute Gasteiger partial charge is 0.167 e. The van der Waals surface area contributed by atoms with Gasteiger partial charge in [0.25, 0.3) is 0 Å². The van der Waals surface area contributed by atoms with E-state index in [0.29, 0.717) is 12.2 Å². The largest absolute Gasteiger partial charge is 0.294 e. The molecule has 0 aliphatic heterocycles. The van der Waals surface area contributed by atoms with Gasteiger partial charge in [0.1, 0.15) is 0 Å². The lowest BCUT2D eigenvalue weighted by atomic mass is 9.75. The van der Waals surface area contributed by atoms with E-state index in [1.165, 1.54) is 22.0 Å². The molecule has 1 aromatic heterocycles. The quantitative estimate of drug-likeness (QED) is 0.474. The van der Waals surface area contributed by atoms with Crippen LogP contribution in [-0.4, -0.2) is 5.78 Å². The standard InChI is InChI=1S/C26H39OP/c1-12-21(27)22-17(2)13-14-28(22)23-19(25(6,7)8)15-18(24(3,4)5)16-20(23)26(9,10)11/h13-16H,12H2,1-11H3. The molecule has 1 nitrogen and oxygen atoms in total. The summed E-state index contributed by atoms with van der Waals surface area (Å²) in [5.41, 5.74) is 5.46. The molecular formula is C26H39OP. The third-order valence-electron chi connectivity index (χ3n) is 5.51. The van der Waals surface area contributed by atoms with E-state index in [4.69, 9.17) is 0 Å². The summed E-state index contributed by atoms with van der Waals surface area (Å²) in [6.45, 7) is 24.8. The number of benzene rings is 1. The maximum Gasteiger partial charge on any atom is 0.167 e. The Labute approximate surface area is 174 Å². The highest BCUT2D eigenvalue weighted by Gasteiger charge is 2.31. The van der Waals surface area contributed by atoms with E-state index in [1.54, 1.807) is 0 Å². The van der Waals surface area contributed by atoms with Crippen LogP contribution in [0.25, 0.3) is 5.30 Å². The van der Waals surface area contributed by atoms with Crippen LogP contribution in [0.4, 0.5) is 0 Å². The van der Waals surface area contributed by atoms with Gasteiger partial charge in [0.2, 0.25) is 0 Å². The van der Waals surface area contributed by atoms with Crippen molar-refractivity contribution in [3.8, 4) is 5.30 Å². The van der Waals surface area contributed by atoms with Gasteiger partial charge in [-0.05, 0) is 51.2 Å². The van der Waals surface area contributed by atoms with Crippen LogP contribution < -0.4 is 0 Å². The van der Waals surface area contributed by atoms with Crippen molar-refractivity contribution >= 4 is 13.3 Å². The van der Waals surface area contributed by atoms with Crippen molar-refractivity contribution < 1.29 is 4.79 Å². The molecule has 2 heteroatoms. The molecule has 28 heavy (non-hydrogen) atoms. The average Bonchev–Trinajstić information content (AvgIpc) is 2.91. The van der Waals surface area contributed by atoms with E-state index < -0.39 is 7.53 Å². The van der Waals surface area contributed by atoms with Crippen molar-refractivity contribution in [3.05, 3.63) is 51.5 Å². The highest BCUT2D eigenvalue weighted by atomic mass is 31.1. The first-order valence-electron chi connectivity index (χ1n) is 10.5. The Morgan fingerprint density at radius 1 is 0.857 bits per heavy atom. The molecule has 0 bridgehead atoms. The molecule has 0 saturated carbocycles. The maximum absolute atomic E-state index is 12.9. The summed E-state index contributed by atoms with van der Waals surface area (Å²) < 4.78 is 0. The summed E-state index contributed by atoms with van der Waals surface area (Å²) in [4.78, 5) is 12.9. The molecule has 0 aliphatic rings. The molecule has 0 spiro atoms. The van der Waals surface area contributed by atoms with Gasteiger partial charge in [0.15, 0.2) is 5.78 Å². The molecule has 0 fully saturated rings. The summed E-state index contributed by atoms with van der Waals surface area (Å²) in [6, 6.07) is 7.01. The van der Waals surface area contributed by atoms with E-state index in [2.05, 4.69) is 93.2 Å². The van der Waals surface area contributed by atoms with Crippen molar-refractivity contribution in [2.24, 2.45) is 0 Å². The van der Waals surface area contributed by atoms with Crippen LogP contribution in [0.2, 0.25) is 0 Å². The molecular weight excluding hydrogens is 359 g/mol. The van der Waals surface area contributed by atoms with Crippen LogP contribution in [0.5, 0.6) is 0 Å². The van der Waals surface area contributed by atoms with E-state index in [1.807, 2.05) is 6.92 Å². The van der Waals surface area contributed by atoms with Gasteiger partial charge in [-0.2, -0.15) is 0 Å². The third-order valence-corrected chi connectivity index (χ3v) is 8.00. The van der Waals surface area contributed by atoms with Crippen LogP contribution in [0.3, 0.4) is 0 Å². The average molecular weight is 399 g/mol. The number of aryl methyl sites for hydroxylation is 1. The SMILES string of the molecule is CCC(=O)c1c(C)ccp1-c1c(C(C)(C)C)cc(C(C)(C)C)cc1C(C)(C)C. The monoisotopic (exact) mass is 398 g/mol. The maximum atomic E-state index is 12.9. The minimum atomic E-state index is -0.757. The lowest BCUT2D eigenvalue weighted by molar-refractivity contribution is 0.0991. The summed E-state index contributed by atoms with van der Waals surface area (Å²) in [5.74, 6) is 2.61. The van der Waals surface area contributed by atoms with Gasteiger partial charge < -0.3 is 0 Å². The van der Waals surface area contributed by atoms with E-state index in [9.17, 15) is 4.79 Å². The Morgan fingerprint density at radius 2 is 1.32 bits per heavy atom. The Morgan fingerprint density at radius 3 is 1.68 bits per heavy atom.